The summed E-state index contributed by atoms with van der Waals surface area (Å²) in [5.41, 5.74) is -1.19. The first kappa shape index (κ1) is 15.4. The Labute approximate surface area is 114 Å². The van der Waals surface area contributed by atoms with Crippen LogP contribution in [0.2, 0.25) is 0 Å². The van der Waals surface area contributed by atoms with Crippen molar-refractivity contribution in [3.8, 4) is 0 Å². The van der Waals surface area contributed by atoms with E-state index in [9.17, 15) is 14.4 Å². The van der Waals surface area contributed by atoms with Crippen LogP contribution in [0.15, 0.2) is 12.7 Å². The first-order chi connectivity index (χ1) is 8.84. The molecule has 1 heterocycles. The third kappa shape index (κ3) is 2.17. The van der Waals surface area contributed by atoms with Crippen molar-refractivity contribution < 1.29 is 14.4 Å². The average Bonchev–Trinajstić information content (AvgIpc) is 2.39. The molecule has 4 amide bonds. The van der Waals surface area contributed by atoms with Crippen LogP contribution in [0.25, 0.3) is 0 Å². The van der Waals surface area contributed by atoms with Gasteiger partial charge in [0.15, 0.2) is 0 Å². The molecule has 1 fully saturated rings. The second-order valence-corrected chi connectivity index (χ2v) is 5.16. The maximum Gasteiger partial charge on any atom is 0.332 e. The number of imide groups is 2. The minimum absolute atomic E-state index is 0.131. The number of urea groups is 1. The molecule has 0 bridgehead atoms. The molecule has 5 nitrogen and oxygen atoms in total. The van der Waals surface area contributed by atoms with Crippen LogP contribution in [0.1, 0.15) is 33.1 Å². The molecule has 0 aliphatic carbocycles. The molecule has 1 atom stereocenters. The maximum atomic E-state index is 12.5. The summed E-state index contributed by atoms with van der Waals surface area (Å²) in [7, 11) is 2.84. The first-order valence-electron chi connectivity index (χ1n) is 6.55. The van der Waals surface area contributed by atoms with Gasteiger partial charge in [-0.2, -0.15) is 0 Å². The fourth-order valence-electron chi connectivity index (χ4n) is 2.79. The van der Waals surface area contributed by atoms with E-state index in [1.807, 2.05) is 13.8 Å². The van der Waals surface area contributed by atoms with Gasteiger partial charge in [0.1, 0.15) is 5.41 Å². The number of hydrogen-bond acceptors (Lipinski definition) is 3. The predicted molar refractivity (Wildman–Crippen MR) is 72.3 cm³/mol. The van der Waals surface area contributed by atoms with Crippen LogP contribution in [0, 0.1) is 11.3 Å². The normalized spacial score (nSPS) is 20.7. The smallest absolute Gasteiger partial charge is 0.273 e. The van der Waals surface area contributed by atoms with Crippen molar-refractivity contribution in [2.45, 2.75) is 33.1 Å². The van der Waals surface area contributed by atoms with E-state index in [1.165, 1.54) is 14.1 Å². The Balaban J connectivity index is 3.33. The Bertz CT molecular complexity index is 393. The zero-order chi connectivity index (χ0) is 14.8. The van der Waals surface area contributed by atoms with Crippen LogP contribution in [-0.2, 0) is 9.59 Å². The molecule has 1 aliphatic rings. The van der Waals surface area contributed by atoms with Crippen molar-refractivity contribution in [3.63, 3.8) is 0 Å². The first-order valence-corrected chi connectivity index (χ1v) is 6.55. The van der Waals surface area contributed by atoms with Gasteiger partial charge in [0.05, 0.1) is 0 Å². The number of rotatable bonds is 5. The van der Waals surface area contributed by atoms with Gasteiger partial charge in [-0.25, -0.2) is 4.79 Å². The van der Waals surface area contributed by atoms with E-state index in [-0.39, 0.29) is 12.3 Å². The molecule has 0 saturated carbocycles. The third-order valence-corrected chi connectivity index (χ3v) is 3.98. The summed E-state index contributed by atoms with van der Waals surface area (Å²) in [6, 6.07) is -0.571. The molecular weight excluding hydrogens is 244 g/mol. The molecule has 0 aromatic rings. The predicted octanol–water partition coefficient (Wildman–Crippen LogP) is 2.04. The number of hydrogen-bond donors (Lipinski definition) is 0. The molecule has 19 heavy (non-hydrogen) atoms. The van der Waals surface area contributed by atoms with Crippen LogP contribution >= 0.6 is 0 Å². The van der Waals surface area contributed by atoms with Crippen molar-refractivity contribution in [3.05, 3.63) is 12.7 Å². The second kappa shape index (κ2) is 5.55. The van der Waals surface area contributed by atoms with Crippen LogP contribution < -0.4 is 0 Å². The lowest BCUT2D eigenvalue weighted by Gasteiger charge is -2.44. The van der Waals surface area contributed by atoms with E-state index in [2.05, 4.69) is 6.58 Å². The molecule has 1 unspecified atom stereocenters. The number of amides is 4. The van der Waals surface area contributed by atoms with Gasteiger partial charge in [-0.15, -0.1) is 6.58 Å². The van der Waals surface area contributed by atoms with Gasteiger partial charge in [-0.1, -0.05) is 26.3 Å². The maximum absolute atomic E-state index is 12.5. The fraction of sp³-hybridized carbons (Fsp3) is 0.643. The quantitative estimate of drug-likeness (QED) is 0.565. The highest BCUT2D eigenvalue weighted by molar-refractivity contribution is 6.19. The van der Waals surface area contributed by atoms with E-state index in [1.54, 1.807) is 6.08 Å². The largest absolute Gasteiger partial charge is 0.332 e. The Morgan fingerprint density at radius 2 is 1.68 bits per heavy atom. The molecule has 1 saturated heterocycles. The van der Waals surface area contributed by atoms with E-state index in [0.717, 1.165) is 22.6 Å². The summed E-state index contributed by atoms with van der Waals surface area (Å²) in [5.74, 6) is -0.962. The van der Waals surface area contributed by atoms with Gasteiger partial charge in [0.2, 0.25) is 11.8 Å². The average molecular weight is 266 g/mol. The van der Waals surface area contributed by atoms with Crippen LogP contribution in [-0.4, -0.2) is 41.7 Å². The van der Waals surface area contributed by atoms with Crippen molar-refractivity contribution in [1.29, 1.82) is 0 Å². The van der Waals surface area contributed by atoms with Gasteiger partial charge in [-0.05, 0) is 18.8 Å². The van der Waals surface area contributed by atoms with Crippen LogP contribution in [0.5, 0.6) is 0 Å². The van der Waals surface area contributed by atoms with Crippen molar-refractivity contribution in [2.75, 3.05) is 14.1 Å². The number of carbonyl (C=O) groups is 3. The van der Waals surface area contributed by atoms with Crippen molar-refractivity contribution in [1.82, 2.24) is 9.80 Å². The van der Waals surface area contributed by atoms with Gasteiger partial charge < -0.3 is 0 Å². The lowest BCUT2D eigenvalue weighted by molar-refractivity contribution is -0.161. The summed E-state index contributed by atoms with van der Waals surface area (Å²) < 4.78 is 0. The zero-order valence-electron chi connectivity index (χ0n) is 12.1. The molecule has 5 heteroatoms. The van der Waals surface area contributed by atoms with E-state index in [0.29, 0.717) is 0 Å². The molecule has 0 aromatic carbocycles. The summed E-state index contributed by atoms with van der Waals surface area (Å²) in [6.07, 6.45) is 3.47. The Morgan fingerprint density at radius 1 is 1.21 bits per heavy atom. The Morgan fingerprint density at radius 3 is 2.05 bits per heavy atom. The number of carbonyl (C=O) groups excluding carboxylic acids is 3. The zero-order valence-corrected chi connectivity index (χ0v) is 12.1. The fourth-order valence-corrected chi connectivity index (χ4v) is 2.79. The molecule has 1 rings (SSSR count). The molecular formula is C14H22N2O3. The van der Waals surface area contributed by atoms with Crippen LogP contribution in [0.4, 0.5) is 4.79 Å². The summed E-state index contributed by atoms with van der Waals surface area (Å²) in [4.78, 5) is 38.9. The molecule has 106 valence electrons. The molecule has 0 aromatic heterocycles. The highest BCUT2D eigenvalue weighted by Crippen LogP contribution is 2.41. The van der Waals surface area contributed by atoms with E-state index >= 15 is 0 Å². The van der Waals surface area contributed by atoms with Crippen LogP contribution in [0.3, 0.4) is 0 Å². The van der Waals surface area contributed by atoms with Gasteiger partial charge in [0.25, 0.3) is 0 Å². The third-order valence-electron chi connectivity index (χ3n) is 3.98. The summed E-state index contributed by atoms with van der Waals surface area (Å²) in [5, 5.41) is 0. The van der Waals surface area contributed by atoms with Gasteiger partial charge in [-0.3, -0.25) is 19.4 Å². The molecule has 0 N–H and O–H groups in total. The van der Waals surface area contributed by atoms with Crippen molar-refractivity contribution in [2.24, 2.45) is 11.3 Å². The van der Waals surface area contributed by atoms with E-state index in [4.69, 9.17) is 0 Å². The highest BCUT2D eigenvalue weighted by atomic mass is 16.2. The molecule has 0 radical (unpaired) electrons. The minimum atomic E-state index is -1.19. The number of barbiturate groups is 1. The Kier molecular flexibility index (Phi) is 4.50. The standard InChI is InChI=1S/C14H22N2O3/c1-6-8-10(3)14(9-7-2)11(17)15(4)13(19)16(5)12(14)18/h7,10H,2,6,8-9H2,1,3-5H3. The number of allylic oxidation sites excluding steroid dienone is 1. The summed E-state index contributed by atoms with van der Waals surface area (Å²) >= 11 is 0. The highest BCUT2D eigenvalue weighted by Gasteiger charge is 2.57. The lowest BCUT2D eigenvalue weighted by Crippen LogP contribution is -2.64. The topological polar surface area (TPSA) is 57.7 Å². The van der Waals surface area contributed by atoms with Gasteiger partial charge >= 0.3 is 6.03 Å². The lowest BCUT2D eigenvalue weighted by atomic mass is 9.68. The van der Waals surface area contributed by atoms with Gasteiger partial charge in [0, 0.05) is 14.1 Å². The number of nitrogens with zero attached hydrogens (tertiary/aromatic N) is 2. The molecule has 0 spiro atoms. The Hall–Kier alpha value is -1.65. The minimum Gasteiger partial charge on any atom is -0.273 e. The second-order valence-electron chi connectivity index (χ2n) is 5.16. The molecule has 1 aliphatic heterocycles. The monoisotopic (exact) mass is 266 g/mol. The van der Waals surface area contributed by atoms with Crippen molar-refractivity contribution >= 4 is 17.8 Å². The van der Waals surface area contributed by atoms with E-state index < -0.39 is 23.3 Å². The summed E-state index contributed by atoms with van der Waals surface area (Å²) in [6.45, 7) is 7.55. The SMILES string of the molecule is C=CCC1(C(C)CCC)C(=O)N(C)C(=O)N(C)C1=O.